The molecule has 7 nitrogen and oxygen atoms in total. The number of aromatic nitrogens is 4. The summed E-state index contributed by atoms with van der Waals surface area (Å²) in [5.41, 5.74) is 3.79. The minimum atomic E-state index is -0.305. The van der Waals surface area contributed by atoms with E-state index in [0.717, 1.165) is 21.7 Å². The number of methoxy groups -OCH3 is 1. The van der Waals surface area contributed by atoms with E-state index in [4.69, 9.17) is 27.9 Å². The molecule has 11 heteroatoms. The summed E-state index contributed by atoms with van der Waals surface area (Å²) in [4.78, 5) is 18.0. The Labute approximate surface area is 272 Å². The summed E-state index contributed by atoms with van der Waals surface area (Å²) in [5, 5.41) is 16.3. The van der Waals surface area contributed by atoms with Gasteiger partial charge in [0.05, 0.1) is 29.6 Å². The van der Waals surface area contributed by atoms with Gasteiger partial charge in [-0.15, -0.1) is 21.5 Å². The van der Waals surface area contributed by atoms with Crippen LogP contribution >= 0.6 is 46.3 Å². The Morgan fingerprint density at radius 3 is 2.36 bits per heavy atom. The zero-order valence-corrected chi connectivity index (χ0v) is 26.5. The average Bonchev–Trinajstić information content (AvgIpc) is 3.72. The molecule has 0 aliphatic heterocycles. The number of benzene rings is 4. The predicted octanol–water partition coefficient (Wildman–Crippen LogP) is 8.52. The monoisotopic (exact) mass is 657 g/mol. The highest BCUT2D eigenvalue weighted by molar-refractivity contribution is 7.98. The fourth-order valence-electron chi connectivity index (χ4n) is 4.65. The molecular formula is C33H25Cl2N5O2S2. The van der Waals surface area contributed by atoms with Crippen molar-refractivity contribution in [1.82, 2.24) is 25.1 Å². The Hall–Kier alpha value is -4.15. The van der Waals surface area contributed by atoms with Crippen molar-refractivity contribution in [3.05, 3.63) is 140 Å². The van der Waals surface area contributed by atoms with Crippen molar-refractivity contribution in [2.75, 3.05) is 7.11 Å². The lowest BCUT2D eigenvalue weighted by Crippen LogP contribution is -2.29. The summed E-state index contributed by atoms with van der Waals surface area (Å²) in [6.45, 7) is 0. The van der Waals surface area contributed by atoms with Crippen LogP contribution in [0.1, 0.15) is 32.7 Å². The Bertz CT molecular complexity index is 1860. The van der Waals surface area contributed by atoms with Crippen LogP contribution in [0.5, 0.6) is 5.75 Å². The van der Waals surface area contributed by atoms with Crippen LogP contribution in [0.25, 0.3) is 17.1 Å². The lowest BCUT2D eigenvalue weighted by molar-refractivity contribution is 0.0938. The van der Waals surface area contributed by atoms with Crippen LogP contribution < -0.4 is 10.1 Å². The Morgan fingerprint density at radius 1 is 0.932 bits per heavy atom. The number of carbonyl (C=O) groups is 1. The number of halogens is 2. The average molecular weight is 659 g/mol. The van der Waals surface area contributed by atoms with E-state index in [1.54, 1.807) is 30.7 Å². The van der Waals surface area contributed by atoms with Gasteiger partial charge in [-0.1, -0.05) is 108 Å². The van der Waals surface area contributed by atoms with E-state index >= 15 is 0 Å². The molecule has 0 fully saturated rings. The number of thiazole rings is 1. The van der Waals surface area contributed by atoms with Gasteiger partial charge in [0.1, 0.15) is 16.5 Å². The van der Waals surface area contributed by atoms with Crippen LogP contribution in [0.2, 0.25) is 10.0 Å². The maximum atomic E-state index is 13.4. The molecule has 4 aromatic carbocycles. The van der Waals surface area contributed by atoms with Crippen LogP contribution in [-0.2, 0) is 5.75 Å². The molecule has 2 aromatic heterocycles. The largest absolute Gasteiger partial charge is 0.497 e. The molecule has 0 radical (unpaired) electrons. The van der Waals surface area contributed by atoms with E-state index in [9.17, 15) is 4.79 Å². The van der Waals surface area contributed by atoms with Gasteiger partial charge in [0.15, 0.2) is 11.0 Å². The Balaban J connectivity index is 1.25. The highest BCUT2D eigenvalue weighted by atomic mass is 35.5. The molecular weight excluding hydrogens is 633 g/mol. The molecule has 0 spiro atoms. The number of thioether (sulfide) groups is 1. The van der Waals surface area contributed by atoms with Crippen LogP contribution in [-0.4, -0.2) is 32.8 Å². The van der Waals surface area contributed by atoms with E-state index in [-0.39, 0.29) is 11.9 Å². The van der Waals surface area contributed by atoms with Crippen LogP contribution in [0.3, 0.4) is 0 Å². The van der Waals surface area contributed by atoms with Gasteiger partial charge < -0.3 is 10.1 Å². The van der Waals surface area contributed by atoms with Crippen molar-refractivity contribution >= 4 is 52.2 Å². The molecule has 0 atom stereocenters. The first-order valence-electron chi connectivity index (χ1n) is 13.5. The Kier molecular flexibility index (Phi) is 9.28. The third-order valence-electron chi connectivity index (χ3n) is 6.76. The van der Waals surface area contributed by atoms with E-state index < -0.39 is 0 Å². The zero-order chi connectivity index (χ0) is 30.5. The quantitative estimate of drug-likeness (QED) is 0.149. The normalized spacial score (nSPS) is 11.1. The molecule has 0 saturated heterocycles. The number of carbonyl (C=O) groups excluding carboxylic acids is 1. The number of nitrogens with zero attached hydrogens (tertiary/aromatic N) is 4. The standard InChI is InChI=1S/C33H25Cl2N5O2S2/c1-42-25-14-8-13-23(17-25)31-38-39-33(40(31)28-18-24(34)15-16-26(28)35)44-20-29-36-27(19-43-29)32(41)37-30(21-9-4-2-5-10-21)22-11-6-3-7-12-22/h2-19,30H,20H2,1H3,(H,37,41). The third-order valence-corrected chi connectivity index (χ3v) is 9.29. The molecule has 1 N–H and O–H groups in total. The van der Waals surface area contributed by atoms with Crippen molar-refractivity contribution in [3.63, 3.8) is 0 Å². The first kappa shape index (κ1) is 29.9. The van der Waals surface area contributed by atoms with Crippen molar-refractivity contribution < 1.29 is 9.53 Å². The lowest BCUT2D eigenvalue weighted by atomic mass is 9.98. The van der Waals surface area contributed by atoms with Crippen LogP contribution in [0.4, 0.5) is 0 Å². The van der Waals surface area contributed by atoms with Gasteiger partial charge >= 0.3 is 0 Å². The highest BCUT2D eigenvalue weighted by Crippen LogP contribution is 2.35. The smallest absolute Gasteiger partial charge is 0.271 e. The number of hydrogen-bond acceptors (Lipinski definition) is 7. The number of hydrogen-bond donors (Lipinski definition) is 1. The zero-order valence-electron chi connectivity index (χ0n) is 23.4. The summed E-state index contributed by atoms with van der Waals surface area (Å²) >= 11 is 15.9. The first-order valence-corrected chi connectivity index (χ1v) is 16.2. The van der Waals surface area contributed by atoms with Gasteiger partial charge in [-0.25, -0.2) is 4.98 Å². The SMILES string of the molecule is COc1cccc(-c2nnc(SCc3nc(C(=O)NC(c4ccccc4)c4ccccc4)cs3)n2-c2cc(Cl)ccc2Cl)c1. The van der Waals surface area contributed by atoms with Gasteiger partial charge in [-0.2, -0.15) is 0 Å². The maximum absolute atomic E-state index is 13.4. The fourth-order valence-corrected chi connectivity index (χ4v) is 6.76. The van der Waals surface area contributed by atoms with Gasteiger partial charge in [-0.3, -0.25) is 9.36 Å². The number of amides is 1. The van der Waals surface area contributed by atoms with E-state index in [0.29, 0.717) is 43.9 Å². The summed E-state index contributed by atoms with van der Waals surface area (Å²) in [6.07, 6.45) is 0. The fraction of sp³-hybridized carbons (Fsp3) is 0.0909. The lowest BCUT2D eigenvalue weighted by Gasteiger charge is -2.19. The second kappa shape index (κ2) is 13.7. The number of rotatable bonds is 10. The summed E-state index contributed by atoms with van der Waals surface area (Å²) < 4.78 is 7.30. The summed E-state index contributed by atoms with van der Waals surface area (Å²) in [6, 6.07) is 32.3. The molecule has 0 bridgehead atoms. The van der Waals surface area contributed by atoms with E-state index in [1.807, 2.05) is 89.5 Å². The minimum Gasteiger partial charge on any atom is -0.497 e. The Morgan fingerprint density at radius 2 is 1.66 bits per heavy atom. The molecule has 6 rings (SSSR count). The van der Waals surface area contributed by atoms with E-state index in [2.05, 4.69) is 20.5 Å². The van der Waals surface area contributed by atoms with Crippen molar-refractivity contribution in [1.29, 1.82) is 0 Å². The van der Waals surface area contributed by atoms with Gasteiger partial charge in [-0.05, 0) is 41.5 Å². The minimum absolute atomic E-state index is 0.246. The predicted molar refractivity (Wildman–Crippen MR) is 177 cm³/mol. The second-order valence-electron chi connectivity index (χ2n) is 9.61. The second-order valence-corrected chi connectivity index (χ2v) is 12.3. The topological polar surface area (TPSA) is 81.9 Å². The van der Waals surface area contributed by atoms with Crippen LogP contribution in [0.15, 0.2) is 114 Å². The molecule has 220 valence electrons. The number of nitrogens with one attached hydrogen (secondary N) is 1. The van der Waals surface area contributed by atoms with E-state index in [1.165, 1.54) is 23.1 Å². The van der Waals surface area contributed by atoms with Crippen molar-refractivity contribution in [2.45, 2.75) is 17.0 Å². The molecule has 0 aliphatic carbocycles. The molecule has 44 heavy (non-hydrogen) atoms. The first-order chi connectivity index (χ1) is 21.5. The summed E-state index contributed by atoms with van der Waals surface area (Å²) in [5.74, 6) is 1.50. The summed E-state index contributed by atoms with van der Waals surface area (Å²) in [7, 11) is 1.62. The van der Waals surface area contributed by atoms with Crippen LogP contribution in [0, 0.1) is 0 Å². The molecule has 0 unspecified atom stereocenters. The number of ether oxygens (including phenoxy) is 1. The molecule has 1 amide bonds. The molecule has 6 aromatic rings. The third kappa shape index (κ3) is 6.66. The molecule has 0 aliphatic rings. The maximum Gasteiger partial charge on any atom is 0.271 e. The van der Waals surface area contributed by atoms with Gasteiger partial charge in [0.2, 0.25) is 0 Å². The van der Waals surface area contributed by atoms with Gasteiger partial charge in [0.25, 0.3) is 5.91 Å². The van der Waals surface area contributed by atoms with Crippen molar-refractivity contribution in [2.24, 2.45) is 0 Å². The molecule has 0 saturated carbocycles. The highest BCUT2D eigenvalue weighted by Gasteiger charge is 2.22. The van der Waals surface area contributed by atoms with Crippen molar-refractivity contribution in [3.8, 4) is 22.8 Å². The molecule has 2 heterocycles. The van der Waals surface area contributed by atoms with Gasteiger partial charge in [0, 0.05) is 16.0 Å².